The van der Waals surface area contributed by atoms with Gasteiger partial charge in [-0.05, 0) is 43.7 Å². The van der Waals surface area contributed by atoms with Crippen molar-refractivity contribution in [1.29, 1.82) is 0 Å². The van der Waals surface area contributed by atoms with Gasteiger partial charge in [0.05, 0.1) is 11.9 Å². The average Bonchev–Trinajstić information content (AvgIpc) is 2.46. The van der Waals surface area contributed by atoms with Crippen molar-refractivity contribution in [3.63, 3.8) is 0 Å². The van der Waals surface area contributed by atoms with Crippen molar-refractivity contribution < 1.29 is 4.79 Å². The van der Waals surface area contributed by atoms with Crippen LogP contribution in [0.25, 0.3) is 0 Å². The minimum atomic E-state index is -0.174. The Morgan fingerprint density at radius 3 is 2.41 bits per heavy atom. The molecule has 0 saturated heterocycles. The fourth-order valence-corrected chi connectivity index (χ4v) is 2.32. The van der Waals surface area contributed by atoms with Crippen LogP contribution in [0, 0.1) is 0 Å². The first-order chi connectivity index (χ1) is 10.5. The number of halogens is 2. The van der Waals surface area contributed by atoms with Crippen molar-refractivity contribution in [2.24, 2.45) is 0 Å². The molecule has 2 N–H and O–H groups in total. The number of anilines is 2. The van der Waals surface area contributed by atoms with Gasteiger partial charge in [-0.1, -0.05) is 30.1 Å². The Hall–Kier alpha value is -1.78. The Kier molecular flexibility index (Phi) is 5.63. The van der Waals surface area contributed by atoms with E-state index < -0.39 is 0 Å². The molecule has 0 radical (unpaired) electrons. The van der Waals surface area contributed by atoms with Crippen LogP contribution in [0.2, 0.25) is 10.0 Å². The molecule has 2 rings (SSSR count). The van der Waals surface area contributed by atoms with E-state index in [2.05, 4.69) is 15.6 Å². The fourth-order valence-electron chi connectivity index (χ4n) is 1.79. The number of benzene rings is 1. The van der Waals surface area contributed by atoms with Crippen molar-refractivity contribution in [1.82, 2.24) is 10.3 Å². The molecule has 1 aromatic heterocycles. The van der Waals surface area contributed by atoms with Gasteiger partial charge in [0.1, 0.15) is 5.69 Å². The van der Waals surface area contributed by atoms with Gasteiger partial charge in [0, 0.05) is 21.8 Å². The molecule has 0 bridgehead atoms. The number of nitrogens with zero attached hydrogens (tertiary/aromatic N) is 1. The van der Waals surface area contributed by atoms with Gasteiger partial charge in [-0.15, -0.1) is 0 Å². The van der Waals surface area contributed by atoms with E-state index in [-0.39, 0.29) is 11.9 Å². The summed E-state index contributed by atoms with van der Waals surface area (Å²) in [7, 11) is 0. The fraction of sp³-hybridized carbons (Fsp3) is 0.250. The first kappa shape index (κ1) is 16.6. The van der Waals surface area contributed by atoms with Crippen LogP contribution in [-0.2, 0) is 0 Å². The normalized spacial score (nSPS) is 11.8. The Morgan fingerprint density at radius 1 is 1.18 bits per heavy atom. The quantitative estimate of drug-likeness (QED) is 0.834. The van der Waals surface area contributed by atoms with Gasteiger partial charge in [0.2, 0.25) is 0 Å². The zero-order chi connectivity index (χ0) is 16.1. The first-order valence-corrected chi connectivity index (χ1v) is 7.73. The second kappa shape index (κ2) is 7.47. The minimum Gasteiger partial charge on any atom is -0.354 e. The van der Waals surface area contributed by atoms with E-state index in [0.717, 1.165) is 17.8 Å². The highest BCUT2D eigenvalue weighted by Gasteiger charge is 2.09. The molecule has 0 saturated carbocycles. The summed E-state index contributed by atoms with van der Waals surface area (Å²) in [5.74, 6) is -0.174. The summed E-state index contributed by atoms with van der Waals surface area (Å²) in [5, 5.41) is 7.11. The van der Waals surface area contributed by atoms with Crippen LogP contribution < -0.4 is 10.6 Å². The summed E-state index contributed by atoms with van der Waals surface area (Å²) in [6.45, 7) is 3.97. The van der Waals surface area contributed by atoms with E-state index in [1.807, 2.05) is 13.8 Å². The minimum absolute atomic E-state index is 0.126. The number of hydrogen-bond donors (Lipinski definition) is 2. The predicted molar refractivity (Wildman–Crippen MR) is 91.2 cm³/mol. The molecule has 0 spiro atoms. The number of rotatable bonds is 5. The summed E-state index contributed by atoms with van der Waals surface area (Å²) >= 11 is 11.9. The van der Waals surface area contributed by atoms with E-state index in [0.29, 0.717) is 15.7 Å². The zero-order valence-electron chi connectivity index (χ0n) is 12.4. The van der Waals surface area contributed by atoms with Crippen LogP contribution >= 0.6 is 23.2 Å². The number of hydrogen-bond acceptors (Lipinski definition) is 3. The summed E-state index contributed by atoms with van der Waals surface area (Å²) in [5.41, 5.74) is 1.89. The van der Waals surface area contributed by atoms with Gasteiger partial charge in [-0.3, -0.25) is 4.79 Å². The highest BCUT2D eigenvalue weighted by atomic mass is 35.5. The highest BCUT2D eigenvalue weighted by molar-refractivity contribution is 6.35. The molecule has 1 amide bonds. The van der Waals surface area contributed by atoms with Crippen LogP contribution in [0.3, 0.4) is 0 Å². The number of carbonyl (C=O) groups excluding carboxylic acids is 1. The lowest BCUT2D eigenvalue weighted by Crippen LogP contribution is -2.32. The maximum Gasteiger partial charge on any atom is 0.270 e. The van der Waals surface area contributed by atoms with Crippen LogP contribution in [0.5, 0.6) is 0 Å². The van der Waals surface area contributed by atoms with E-state index >= 15 is 0 Å². The standard InChI is InChI=1S/C16H17Cl2N3O/c1-3-10(2)20-16(22)15-5-4-13(9-19-15)21-14-7-11(17)6-12(18)8-14/h4-10,21H,3H2,1-2H3,(H,20,22). The SMILES string of the molecule is CCC(C)NC(=O)c1ccc(Nc2cc(Cl)cc(Cl)c2)cn1. The van der Waals surface area contributed by atoms with Crippen LogP contribution in [0.4, 0.5) is 11.4 Å². The third kappa shape index (κ3) is 4.61. The summed E-state index contributed by atoms with van der Waals surface area (Å²) < 4.78 is 0. The molecule has 1 atom stereocenters. The average molecular weight is 338 g/mol. The molecule has 1 heterocycles. The number of pyridine rings is 1. The van der Waals surface area contributed by atoms with Gasteiger partial charge in [-0.2, -0.15) is 0 Å². The van der Waals surface area contributed by atoms with Crippen molar-refractivity contribution in [2.45, 2.75) is 26.3 Å². The number of amides is 1. The molecule has 116 valence electrons. The maximum absolute atomic E-state index is 11.9. The summed E-state index contributed by atoms with van der Waals surface area (Å²) in [6.07, 6.45) is 2.47. The van der Waals surface area contributed by atoms with Gasteiger partial charge in [0.15, 0.2) is 0 Å². The molecule has 1 aromatic carbocycles. The first-order valence-electron chi connectivity index (χ1n) is 6.98. The summed E-state index contributed by atoms with van der Waals surface area (Å²) in [6, 6.07) is 8.77. The molecular weight excluding hydrogens is 321 g/mol. The van der Waals surface area contributed by atoms with Crippen LogP contribution in [0.1, 0.15) is 30.8 Å². The van der Waals surface area contributed by atoms with Gasteiger partial charge < -0.3 is 10.6 Å². The van der Waals surface area contributed by atoms with Gasteiger partial charge >= 0.3 is 0 Å². The second-order valence-corrected chi connectivity index (χ2v) is 5.87. The topological polar surface area (TPSA) is 54.0 Å². The lowest BCUT2D eigenvalue weighted by atomic mass is 10.2. The third-order valence-electron chi connectivity index (χ3n) is 3.14. The molecule has 0 aliphatic heterocycles. The Bertz CT molecular complexity index is 639. The third-order valence-corrected chi connectivity index (χ3v) is 3.57. The van der Waals surface area contributed by atoms with E-state index in [1.165, 1.54) is 0 Å². The van der Waals surface area contributed by atoms with Gasteiger partial charge in [-0.25, -0.2) is 4.98 Å². The Morgan fingerprint density at radius 2 is 1.86 bits per heavy atom. The van der Waals surface area contributed by atoms with E-state index in [9.17, 15) is 4.79 Å². The number of nitrogens with one attached hydrogen (secondary N) is 2. The molecule has 0 aliphatic carbocycles. The molecular formula is C16H17Cl2N3O. The number of carbonyl (C=O) groups is 1. The monoisotopic (exact) mass is 337 g/mol. The molecule has 22 heavy (non-hydrogen) atoms. The molecule has 4 nitrogen and oxygen atoms in total. The molecule has 6 heteroatoms. The lowest BCUT2D eigenvalue weighted by molar-refractivity contribution is 0.0934. The summed E-state index contributed by atoms with van der Waals surface area (Å²) in [4.78, 5) is 16.1. The van der Waals surface area contributed by atoms with Crippen molar-refractivity contribution in [3.05, 3.63) is 52.3 Å². The predicted octanol–water partition coefficient (Wildman–Crippen LogP) is 4.66. The smallest absolute Gasteiger partial charge is 0.270 e. The zero-order valence-corrected chi connectivity index (χ0v) is 13.9. The number of aromatic nitrogens is 1. The molecule has 0 aliphatic rings. The maximum atomic E-state index is 11.9. The second-order valence-electron chi connectivity index (χ2n) is 5.00. The lowest BCUT2D eigenvalue weighted by Gasteiger charge is -2.11. The largest absolute Gasteiger partial charge is 0.354 e. The molecule has 2 aromatic rings. The van der Waals surface area contributed by atoms with Crippen molar-refractivity contribution >= 4 is 40.5 Å². The highest BCUT2D eigenvalue weighted by Crippen LogP contribution is 2.25. The van der Waals surface area contributed by atoms with Gasteiger partial charge in [0.25, 0.3) is 5.91 Å². The Labute approximate surface area is 139 Å². The van der Waals surface area contributed by atoms with E-state index in [1.54, 1.807) is 36.5 Å². The molecule has 1 unspecified atom stereocenters. The molecule has 0 fully saturated rings. The van der Waals surface area contributed by atoms with E-state index in [4.69, 9.17) is 23.2 Å². The van der Waals surface area contributed by atoms with Crippen LogP contribution in [0.15, 0.2) is 36.5 Å². The van der Waals surface area contributed by atoms with Crippen molar-refractivity contribution in [2.75, 3.05) is 5.32 Å². The van der Waals surface area contributed by atoms with Crippen molar-refractivity contribution in [3.8, 4) is 0 Å². The van der Waals surface area contributed by atoms with Crippen LogP contribution in [-0.4, -0.2) is 16.9 Å². The Balaban J connectivity index is 2.07.